The van der Waals surface area contributed by atoms with Gasteiger partial charge in [-0.25, -0.2) is 4.39 Å². The number of pyridine rings is 1. The van der Waals surface area contributed by atoms with Crippen molar-refractivity contribution in [1.29, 1.82) is 0 Å². The summed E-state index contributed by atoms with van der Waals surface area (Å²) in [6.45, 7) is 1.80. The molecule has 0 spiro atoms. The summed E-state index contributed by atoms with van der Waals surface area (Å²) in [6, 6.07) is 15.7. The number of aromatic nitrogens is 1. The molecule has 0 saturated heterocycles. The summed E-state index contributed by atoms with van der Waals surface area (Å²) < 4.78 is 14.0. The van der Waals surface area contributed by atoms with E-state index in [9.17, 15) is 14.6 Å². The number of rotatable bonds is 7. The van der Waals surface area contributed by atoms with E-state index in [2.05, 4.69) is 11.1 Å². The summed E-state index contributed by atoms with van der Waals surface area (Å²) in [6.07, 6.45) is 8.33. The molecule has 0 amide bonds. The molecule has 0 bridgehead atoms. The van der Waals surface area contributed by atoms with Crippen molar-refractivity contribution >= 4 is 6.08 Å². The summed E-state index contributed by atoms with van der Waals surface area (Å²) in [7, 11) is 0. The predicted octanol–water partition coefficient (Wildman–Crippen LogP) is 5.82. The number of hydrogen-bond donors (Lipinski definition) is 2. The van der Waals surface area contributed by atoms with Gasteiger partial charge in [0.15, 0.2) is 0 Å². The lowest BCUT2D eigenvalue weighted by atomic mass is 10.0. The molecule has 2 N–H and O–H groups in total. The zero-order valence-electron chi connectivity index (χ0n) is 15.8. The van der Waals surface area contributed by atoms with Gasteiger partial charge in [-0.2, -0.15) is 0 Å². The zero-order chi connectivity index (χ0) is 19.9. The SMILES string of the molecule is CC(O)CCCC=Cc1ccc(-c2ccc(-c3ccc(O)cc3F)cc2)cn1. The summed E-state index contributed by atoms with van der Waals surface area (Å²) in [5.41, 5.74) is 4.10. The van der Waals surface area contributed by atoms with Gasteiger partial charge in [-0.05, 0) is 61.6 Å². The third kappa shape index (κ3) is 5.27. The number of hydrogen-bond acceptors (Lipinski definition) is 3. The first-order chi connectivity index (χ1) is 13.5. The molecule has 28 heavy (non-hydrogen) atoms. The Morgan fingerprint density at radius 1 is 1.00 bits per heavy atom. The maximum Gasteiger partial charge on any atom is 0.134 e. The van der Waals surface area contributed by atoms with E-state index in [4.69, 9.17) is 0 Å². The van der Waals surface area contributed by atoms with Crippen LogP contribution < -0.4 is 0 Å². The monoisotopic (exact) mass is 377 g/mol. The molecule has 0 radical (unpaired) electrons. The van der Waals surface area contributed by atoms with E-state index in [1.165, 1.54) is 6.07 Å². The molecule has 2 aromatic carbocycles. The van der Waals surface area contributed by atoms with Crippen molar-refractivity contribution in [3.63, 3.8) is 0 Å². The lowest BCUT2D eigenvalue weighted by Gasteiger charge is -2.06. The maximum absolute atomic E-state index is 14.0. The van der Waals surface area contributed by atoms with Gasteiger partial charge in [0.05, 0.1) is 11.8 Å². The first kappa shape index (κ1) is 19.8. The fraction of sp³-hybridized carbons (Fsp3) is 0.208. The lowest BCUT2D eigenvalue weighted by molar-refractivity contribution is 0.182. The Balaban J connectivity index is 1.66. The smallest absolute Gasteiger partial charge is 0.134 e. The van der Waals surface area contributed by atoms with Crippen molar-refractivity contribution in [2.45, 2.75) is 32.3 Å². The number of aromatic hydroxyl groups is 1. The van der Waals surface area contributed by atoms with Crippen LogP contribution in [0.15, 0.2) is 66.9 Å². The second-order valence-corrected chi connectivity index (χ2v) is 6.90. The van der Waals surface area contributed by atoms with Crippen molar-refractivity contribution in [3.8, 4) is 28.0 Å². The molecule has 144 valence electrons. The number of benzene rings is 2. The van der Waals surface area contributed by atoms with E-state index in [1.54, 1.807) is 13.0 Å². The Labute approximate surface area is 164 Å². The van der Waals surface area contributed by atoms with E-state index in [1.807, 2.05) is 48.7 Å². The van der Waals surface area contributed by atoms with E-state index >= 15 is 0 Å². The van der Waals surface area contributed by atoms with Crippen molar-refractivity contribution in [3.05, 3.63) is 78.4 Å². The number of aliphatic hydroxyl groups is 1. The van der Waals surface area contributed by atoms with Crippen LogP contribution in [0, 0.1) is 5.82 Å². The van der Waals surface area contributed by atoms with Gasteiger partial charge in [-0.15, -0.1) is 0 Å². The average molecular weight is 377 g/mol. The van der Waals surface area contributed by atoms with Crippen LogP contribution in [0.2, 0.25) is 0 Å². The van der Waals surface area contributed by atoms with Crippen LogP contribution in [0.25, 0.3) is 28.3 Å². The van der Waals surface area contributed by atoms with Crippen molar-refractivity contribution in [2.75, 3.05) is 0 Å². The third-order valence-electron chi connectivity index (χ3n) is 4.55. The van der Waals surface area contributed by atoms with E-state index in [0.717, 1.165) is 47.7 Å². The number of nitrogens with zero attached hydrogens (tertiary/aromatic N) is 1. The molecule has 1 aromatic heterocycles. The predicted molar refractivity (Wildman–Crippen MR) is 111 cm³/mol. The van der Waals surface area contributed by atoms with Crippen LogP contribution in [-0.2, 0) is 0 Å². The van der Waals surface area contributed by atoms with E-state index in [-0.39, 0.29) is 11.9 Å². The van der Waals surface area contributed by atoms with E-state index in [0.29, 0.717) is 5.56 Å². The summed E-state index contributed by atoms with van der Waals surface area (Å²) in [4.78, 5) is 4.47. The summed E-state index contributed by atoms with van der Waals surface area (Å²) >= 11 is 0. The van der Waals surface area contributed by atoms with Crippen LogP contribution >= 0.6 is 0 Å². The summed E-state index contributed by atoms with van der Waals surface area (Å²) in [5.74, 6) is -0.528. The fourth-order valence-corrected chi connectivity index (χ4v) is 2.99. The molecule has 0 aliphatic carbocycles. The number of aliphatic hydroxyl groups excluding tert-OH is 1. The molecule has 1 atom stereocenters. The van der Waals surface area contributed by atoms with Crippen LogP contribution in [0.3, 0.4) is 0 Å². The molecule has 0 aliphatic heterocycles. The first-order valence-electron chi connectivity index (χ1n) is 9.43. The number of phenolic OH excluding ortho intramolecular Hbond substituents is 1. The van der Waals surface area contributed by atoms with Crippen molar-refractivity contribution in [1.82, 2.24) is 4.98 Å². The molecule has 0 saturated carbocycles. The number of phenols is 1. The number of unbranched alkanes of at least 4 members (excludes halogenated alkanes) is 1. The Kier molecular flexibility index (Phi) is 6.56. The van der Waals surface area contributed by atoms with Gasteiger partial charge in [0.25, 0.3) is 0 Å². The maximum atomic E-state index is 14.0. The largest absolute Gasteiger partial charge is 0.508 e. The van der Waals surface area contributed by atoms with Gasteiger partial charge in [0.1, 0.15) is 11.6 Å². The molecule has 3 rings (SSSR count). The van der Waals surface area contributed by atoms with Gasteiger partial charge < -0.3 is 10.2 Å². The minimum atomic E-state index is -0.445. The van der Waals surface area contributed by atoms with Crippen molar-refractivity contribution < 1.29 is 14.6 Å². The molecular formula is C24H24FNO2. The van der Waals surface area contributed by atoms with Crippen LogP contribution in [0.5, 0.6) is 5.75 Å². The van der Waals surface area contributed by atoms with Gasteiger partial charge in [0.2, 0.25) is 0 Å². The van der Waals surface area contributed by atoms with E-state index < -0.39 is 5.82 Å². The third-order valence-corrected chi connectivity index (χ3v) is 4.55. The van der Waals surface area contributed by atoms with Crippen molar-refractivity contribution in [2.24, 2.45) is 0 Å². The van der Waals surface area contributed by atoms with Gasteiger partial charge >= 0.3 is 0 Å². The minimum absolute atomic E-state index is 0.0824. The van der Waals surface area contributed by atoms with Crippen LogP contribution in [0.4, 0.5) is 4.39 Å². The normalized spacial score (nSPS) is 12.4. The highest BCUT2D eigenvalue weighted by Crippen LogP contribution is 2.28. The molecule has 3 aromatic rings. The molecule has 0 fully saturated rings. The first-order valence-corrected chi connectivity index (χ1v) is 9.43. The molecule has 0 aliphatic rings. The van der Waals surface area contributed by atoms with Crippen LogP contribution in [-0.4, -0.2) is 21.3 Å². The van der Waals surface area contributed by atoms with Gasteiger partial charge in [-0.1, -0.05) is 36.4 Å². The minimum Gasteiger partial charge on any atom is -0.508 e. The summed E-state index contributed by atoms with van der Waals surface area (Å²) in [5, 5.41) is 18.6. The number of halogens is 1. The highest BCUT2D eigenvalue weighted by molar-refractivity contribution is 5.71. The quantitative estimate of drug-likeness (QED) is 0.510. The van der Waals surface area contributed by atoms with Crippen LogP contribution in [0.1, 0.15) is 31.9 Å². The average Bonchev–Trinajstić information content (AvgIpc) is 2.68. The standard InChI is InChI=1S/C24H24FNO2/c1-17(27)5-3-2-4-6-21-12-11-20(16-26-21)18-7-9-19(10-8-18)23-14-13-22(28)15-24(23)25/h4,6-17,27-28H,2-3,5H2,1H3. The molecule has 4 heteroatoms. The lowest BCUT2D eigenvalue weighted by Crippen LogP contribution is -1.97. The molecule has 1 unspecified atom stereocenters. The van der Waals surface area contributed by atoms with Gasteiger partial charge in [-0.3, -0.25) is 4.98 Å². The Morgan fingerprint density at radius 2 is 1.71 bits per heavy atom. The molecule has 3 nitrogen and oxygen atoms in total. The number of allylic oxidation sites excluding steroid dienone is 1. The second kappa shape index (κ2) is 9.29. The Bertz CT molecular complexity index is 932. The Morgan fingerprint density at radius 3 is 2.36 bits per heavy atom. The zero-order valence-corrected chi connectivity index (χ0v) is 15.8. The fourth-order valence-electron chi connectivity index (χ4n) is 2.99. The molecular weight excluding hydrogens is 353 g/mol. The highest BCUT2D eigenvalue weighted by Gasteiger charge is 2.06. The van der Waals surface area contributed by atoms with Gasteiger partial charge in [0, 0.05) is 23.4 Å². The molecule has 1 heterocycles. The second-order valence-electron chi connectivity index (χ2n) is 6.90. The Hall–Kier alpha value is -2.98. The highest BCUT2D eigenvalue weighted by atomic mass is 19.1. The topological polar surface area (TPSA) is 53.4 Å².